The Morgan fingerprint density at radius 3 is 2.67 bits per heavy atom. The lowest BCUT2D eigenvalue weighted by atomic mass is 10.1. The van der Waals surface area contributed by atoms with Gasteiger partial charge in [0.05, 0.1) is 6.04 Å². The van der Waals surface area contributed by atoms with Crippen LogP contribution in [0.2, 0.25) is 0 Å². The molecule has 0 aromatic heterocycles. The van der Waals surface area contributed by atoms with Crippen molar-refractivity contribution in [3.63, 3.8) is 0 Å². The van der Waals surface area contributed by atoms with E-state index in [1.54, 1.807) is 0 Å². The summed E-state index contributed by atoms with van der Waals surface area (Å²) in [6, 6.07) is 9.06. The number of benzene rings is 1. The number of hydrogen-bond donors (Lipinski definition) is 2. The second kappa shape index (κ2) is 10.3. The van der Waals surface area contributed by atoms with Crippen LogP contribution >= 0.6 is 12.4 Å². The van der Waals surface area contributed by atoms with E-state index in [1.807, 2.05) is 25.1 Å². The number of likely N-dealkylation sites (tertiary alicyclic amines) is 1. The molecule has 1 unspecified atom stereocenters. The average molecular weight is 355 g/mol. The fraction of sp³-hybridized carbons (Fsp3) is 0.556. The largest absolute Gasteiger partial charge is 0.480 e. The molecular weight excluding hydrogens is 328 g/mol. The molecule has 134 valence electrons. The number of carboxylic acid groups (broad SMARTS) is 1. The predicted octanol–water partition coefficient (Wildman–Crippen LogP) is 2.83. The maximum atomic E-state index is 12.5. The number of carbonyl (C=O) groups is 2. The normalized spacial score (nSPS) is 18.6. The van der Waals surface area contributed by atoms with E-state index < -0.39 is 12.0 Å². The quantitative estimate of drug-likeness (QED) is 0.753. The molecule has 0 aliphatic carbocycles. The minimum Gasteiger partial charge on any atom is -0.480 e. The highest BCUT2D eigenvalue weighted by atomic mass is 35.5. The van der Waals surface area contributed by atoms with Crippen molar-refractivity contribution in [1.29, 1.82) is 0 Å². The Morgan fingerprint density at radius 2 is 2.04 bits per heavy atom. The molecule has 0 radical (unpaired) electrons. The van der Waals surface area contributed by atoms with Gasteiger partial charge >= 0.3 is 5.97 Å². The highest BCUT2D eigenvalue weighted by molar-refractivity contribution is 5.87. The Kier molecular flexibility index (Phi) is 8.79. The van der Waals surface area contributed by atoms with E-state index >= 15 is 0 Å². The molecule has 2 N–H and O–H groups in total. The van der Waals surface area contributed by atoms with E-state index in [4.69, 9.17) is 0 Å². The number of aliphatic carboxylic acids is 1. The van der Waals surface area contributed by atoms with Crippen LogP contribution in [-0.4, -0.2) is 40.5 Å². The van der Waals surface area contributed by atoms with Crippen LogP contribution < -0.4 is 5.32 Å². The van der Waals surface area contributed by atoms with Gasteiger partial charge in [-0.3, -0.25) is 9.69 Å². The maximum Gasteiger partial charge on any atom is 0.326 e. The first-order valence-electron chi connectivity index (χ1n) is 8.43. The van der Waals surface area contributed by atoms with E-state index in [-0.39, 0.29) is 24.4 Å². The highest BCUT2D eigenvalue weighted by Crippen LogP contribution is 2.20. The van der Waals surface area contributed by atoms with E-state index in [1.165, 1.54) is 5.56 Å². The number of rotatable bonds is 8. The zero-order valence-electron chi connectivity index (χ0n) is 14.1. The van der Waals surface area contributed by atoms with Crippen molar-refractivity contribution in [3.05, 3.63) is 35.9 Å². The number of amides is 1. The van der Waals surface area contributed by atoms with Crippen LogP contribution in [0.4, 0.5) is 0 Å². The fourth-order valence-corrected chi connectivity index (χ4v) is 3.06. The summed E-state index contributed by atoms with van der Waals surface area (Å²) in [7, 11) is 0. The van der Waals surface area contributed by atoms with E-state index in [2.05, 4.69) is 22.3 Å². The number of carboxylic acids is 1. The molecule has 1 amide bonds. The van der Waals surface area contributed by atoms with Gasteiger partial charge in [0.25, 0.3) is 0 Å². The van der Waals surface area contributed by atoms with Gasteiger partial charge in [-0.25, -0.2) is 4.79 Å². The van der Waals surface area contributed by atoms with Crippen molar-refractivity contribution in [2.75, 3.05) is 6.54 Å². The summed E-state index contributed by atoms with van der Waals surface area (Å²) in [6.07, 6.45) is 3.97. The molecule has 0 bridgehead atoms. The predicted molar refractivity (Wildman–Crippen MR) is 96.2 cm³/mol. The molecule has 1 fully saturated rings. The first-order chi connectivity index (χ1) is 11.1. The molecule has 24 heavy (non-hydrogen) atoms. The lowest BCUT2D eigenvalue weighted by molar-refractivity contribution is -0.142. The van der Waals surface area contributed by atoms with Crippen LogP contribution in [0.25, 0.3) is 0 Å². The van der Waals surface area contributed by atoms with Gasteiger partial charge in [-0.2, -0.15) is 0 Å². The molecule has 0 saturated carbocycles. The van der Waals surface area contributed by atoms with Crippen LogP contribution in [-0.2, 0) is 16.1 Å². The molecule has 1 saturated heterocycles. The van der Waals surface area contributed by atoms with E-state index in [0.29, 0.717) is 6.42 Å². The van der Waals surface area contributed by atoms with Crippen LogP contribution in [0.3, 0.4) is 0 Å². The lowest BCUT2D eigenvalue weighted by Gasteiger charge is -2.25. The lowest BCUT2D eigenvalue weighted by Crippen LogP contribution is -2.49. The maximum absolute atomic E-state index is 12.5. The summed E-state index contributed by atoms with van der Waals surface area (Å²) in [5.74, 6) is -1.10. The Balaban J connectivity index is 0.00000288. The van der Waals surface area contributed by atoms with Crippen molar-refractivity contribution < 1.29 is 14.7 Å². The Labute approximate surface area is 149 Å². The van der Waals surface area contributed by atoms with Gasteiger partial charge in [-0.05, 0) is 31.4 Å². The van der Waals surface area contributed by atoms with E-state index in [9.17, 15) is 14.7 Å². The number of unbranched alkanes of at least 4 members (excludes halogenated alkanes) is 1. The van der Waals surface area contributed by atoms with Crippen LogP contribution in [0.1, 0.15) is 44.6 Å². The van der Waals surface area contributed by atoms with Gasteiger partial charge in [0.1, 0.15) is 6.04 Å². The molecule has 1 aliphatic heterocycles. The smallest absolute Gasteiger partial charge is 0.326 e. The van der Waals surface area contributed by atoms with Crippen molar-refractivity contribution in [3.8, 4) is 0 Å². The van der Waals surface area contributed by atoms with Gasteiger partial charge in [-0.15, -0.1) is 12.4 Å². The summed E-state index contributed by atoms with van der Waals surface area (Å²) in [4.78, 5) is 26.0. The molecule has 6 heteroatoms. The van der Waals surface area contributed by atoms with Gasteiger partial charge in [0.15, 0.2) is 0 Å². The molecule has 5 nitrogen and oxygen atoms in total. The standard InChI is InChI=1S/C18H26N2O3.ClH/c1-2-3-10-15(18(22)23)19-17(21)16-11-7-12-20(16)13-14-8-5-4-6-9-14;/h4-6,8-9,15-16H,2-3,7,10-13H2,1H3,(H,19,21)(H,22,23);1H/t15-,16?;/m0./s1. The summed E-state index contributed by atoms with van der Waals surface area (Å²) >= 11 is 0. The summed E-state index contributed by atoms with van der Waals surface area (Å²) in [5.41, 5.74) is 1.17. The van der Waals surface area contributed by atoms with Crippen molar-refractivity contribution in [2.24, 2.45) is 0 Å². The Bertz CT molecular complexity index is 524. The summed E-state index contributed by atoms with van der Waals surface area (Å²) in [5, 5.41) is 12.0. The van der Waals surface area contributed by atoms with E-state index in [0.717, 1.165) is 38.8 Å². The minimum absolute atomic E-state index is 0. The summed E-state index contributed by atoms with van der Waals surface area (Å²) < 4.78 is 0. The third-order valence-corrected chi connectivity index (χ3v) is 4.36. The molecule has 1 aliphatic rings. The van der Waals surface area contributed by atoms with Gasteiger partial charge in [-0.1, -0.05) is 50.1 Å². The molecule has 1 aromatic rings. The van der Waals surface area contributed by atoms with Crippen molar-refractivity contribution in [1.82, 2.24) is 10.2 Å². The van der Waals surface area contributed by atoms with Crippen molar-refractivity contribution in [2.45, 2.75) is 57.7 Å². The number of hydrogen-bond acceptors (Lipinski definition) is 3. The minimum atomic E-state index is -0.945. The number of nitrogens with zero attached hydrogens (tertiary/aromatic N) is 1. The van der Waals surface area contributed by atoms with Crippen LogP contribution in [0.15, 0.2) is 30.3 Å². The molecule has 2 rings (SSSR count). The third kappa shape index (κ3) is 5.80. The molecule has 1 aromatic carbocycles. The van der Waals surface area contributed by atoms with Crippen LogP contribution in [0, 0.1) is 0 Å². The topological polar surface area (TPSA) is 69.6 Å². The number of carbonyl (C=O) groups excluding carboxylic acids is 1. The zero-order chi connectivity index (χ0) is 16.7. The monoisotopic (exact) mass is 354 g/mol. The molecule has 1 heterocycles. The van der Waals surface area contributed by atoms with Crippen molar-refractivity contribution >= 4 is 24.3 Å². The van der Waals surface area contributed by atoms with Gasteiger partial charge in [0.2, 0.25) is 5.91 Å². The molecule has 0 spiro atoms. The van der Waals surface area contributed by atoms with Gasteiger partial charge in [0, 0.05) is 6.54 Å². The SMILES string of the molecule is CCCC[C@H](NC(=O)C1CCCN1Cc1ccccc1)C(=O)O.Cl. The fourth-order valence-electron chi connectivity index (χ4n) is 3.06. The van der Waals surface area contributed by atoms with Crippen LogP contribution in [0.5, 0.6) is 0 Å². The molecular formula is C18H27ClN2O3. The third-order valence-electron chi connectivity index (χ3n) is 4.36. The second-order valence-electron chi connectivity index (χ2n) is 6.16. The second-order valence-corrected chi connectivity index (χ2v) is 6.16. The number of nitrogens with one attached hydrogen (secondary N) is 1. The first kappa shape index (κ1) is 20.5. The highest BCUT2D eigenvalue weighted by Gasteiger charge is 2.32. The summed E-state index contributed by atoms with van der Waals surface area (Å²) in [6.45, 7) is 3.62. The Hall–Kier alpha value is -1.59. The average Bonchev–Trinajstić information content (AvgIpc) is 3.00. The van der Waals surface area contributed by atoms with Gasteiger partial charge < -0.3 is 10.4 Å². The first-order valence-corrected chi connectivity index (χ1v) is 8.43. The number of halogens is 1. The zero-order valence-corrected chi connectivity index (χ0v) is 14.9. The molecule has 2 atom stereocenters. The Morgan fingerprint density at radius 1 is 1.33 bits per heavy atom.